The third-order valence-electron chi connectivity index (χ3n) is 3.22. The minimum atomic E-state index is 0.588. The van der Waals surface area contributed by atoms with Gasteiger partial charge in [0.25, 0.3) is 0 Å². The lowest BCUT2D eigenvalue weighted by molar-refractivity contribution is 0.523. The number of hydrogen-bond acceptors (Lipinski definition) is 1. The van der Waals surface area contributed by atoms with Crippen LogP contribution in [0.3, 0.4) is 0 Å². The second-order valence-electron chi connectivity index (χ2n) is 4.06. The molecule has 0 unspecified atom stereocenters. The molecular formula is C12H12ClN. The monoisotopic (exact) mass is 205 g/mol. The fourth-order valence-corrected chi connectivity index (χ4v) is 2.66. The summed E-state index contributed by atoms with van der Waals surface area (Å²) in [6.45, 7) is 1.09. The molecule has 0 spiro atoms. The van der Waals surface area contributed by atoms with Crippen LogP contribution in [0.1, 0.15) is 17.9 Å². The number of benzene rings is 1. The third kappa shape index (κ3) is 1.16. The number of hydrogen-bond donors (Lipinski definition) is 1. The smallest absolute Gasteiger partial charge is 0.0410 e. The fourth-order valence-electron chi connectivity index (χ4n) is 2.48. The van der Waals surface area contributed by atoms with Gasteiger partial charge in [0.05, 0.1) is 0 Å². The lowest BCUT2D eigenvalue weighted by atomic mass is 9.85. The molecule has 2 atom stereocenters. The van der Waals surface area contributed by atoms with Gasteiger partial charge in [-0.15, -0.1) is 0 Å². The summed E-state index contributed by atoms with van der Waals surface area (Å²) in [6.07, 6.45) is 5.80. The first-order valence-corrected chi connectivity index (χ1v) is 5.42. The third-order valence-corrected chi connectivity index (χ3v) is 3.45. The highest BCUT2D eigenvalue weighted by atomic mass is 35.5. The van der Waals surface area contributed by atoms with Gasteiger partial charge in [0.2, 0.25) is 0 Å². The Hall–Kier alpha value is -0.950. The Bertz CT molecular complexity index is 397. The summed E-state index contributed by atoms with van der Waals surface area (Å²) in [5.41, 5.74) is 2.62. The van der Waals surface area contributed by atoms with Crippen LogP contribution in [-0.4, -0.2) is 6.54 Å². The largest absolute Gasteiger partial charge is 0.384 e. The number of halogens is 1. The van der Waals surface area contributed by atoms with Gasteiger partial charge < -0.3 is 5.32 Å². The standard InChI is InChI=1S/C12H12ClN/c13-9-4-5-12-11(6-9)10-3-1-2-8(10)7-14-12/h1,3-6,8,10,14H,2,7H2/t8-,10-/m1/s1. The van der Waals surface area contributed by atoms with Gasteiger partial charge in [0.1, 0.15) is 0 Å². The number of allylic oxidation sites excluding steroid dienone is 2. The zero-order valence-electron chi connectivity index (χ0n) is 7.83. The van der Waals surface area contributed by atoms with Crippen molar-refractivity contribution in [1.82, 2.24) is 0 Å². The summed E-state index contributed by atoms with van der Waals surface area (Å²) < 4.78 is 0. The molecule has 0 fully saturated rings. The molecule has 0 radical (unpaired) electrons. The average molecular weight is 206 g/mol. The molecule has 0 amide bonds. The summed E-state index contributed by atoms with van der Waals surface area (Å²) in [6, 6.07) is 6.13. The second kappa shape index (κ2) is 3.03. The molecule has 1 aliphatic carbocycles. The first-order valence-electron chi connectivity index (χ1n) is 5.04. The maximum atomic E-state index is 6.02. The first-order chi connectivity index (χ1) is 6.84. The van der Waals surface area contributed by atoms with E-state index in [2.05, 4.69) is 29.6 Å². The number of nitrogens with one attached hydrogen (secondary N) is 1. The average Bonchev–Trinajstić information content (AvgIpc) is 2.65. The van der Waals surface area contributed by atoms with Crippen molar-refractivity contribution in [3.05, 3.63) is 40.9 Å². The zero-order chi connectivity index (χ0) is 9.54. The maximum absolute atomic E-state index is 6.02. The van der Waals surface area contributed by atoms with Crippen molar-refractivity contribution >= 4 is 17.3 Å². The lowest BCUT2D eigenvalue weighted by Crippen LogP contribution is -2.24. The molecule has 0 saturated carbocycles. The maximum Gasteiger partial charge on any atom is 0.0410 e. The summed E-state index contributed by atoms with van der Waals surface area (Å²) in [5, 5.41) is 4.30. The van der Waals surface area contributed by atoms with E-state index in [1.807, 2.05) is 6.07 Å². The van der Waals surface area contributed by atoms with E-state index in [9.17, 15) is 0 Å². The molecule has 1 aromatic rings. The Morgan fingerprint density at radius 2 is 2.29 bits per heavy atom. The summed E-state index contributed by atoms with van der Waals surface area (Å²) in [4.78, 5) is 0. The van der Waals surface area contributed by atoms with Crippen LogP contribution in [0.15, 0.2) is 30.4 Å². The van der Waals surface area contributed by atoms with Crippen molar-refractivity contribution in [2.45, 2.75) is 12.3 Å². The van der Waals surface area contributed by atoms with E-state index in [0.717, 1.165) is 17.5 Å². The Kier molecular flexibility index (Phi) is 1.81. The van der Waals surface area contributed by atoms with Gasteiger partial charge in [0, 0.05) is 23.2 Å². The Morgan fingerprint density at radius 3 is 3.21 bits per heavy atom. The minimum Gasteiger partial charge on any atom is -0.384 e. The van der Waals surface area contributed by atoms with Crippen LogP contribution in [0.5, 0.6) is 0 Å². The Morgan fingerprint density at radius 1 is 1.36 bits per heavy atom. The van der Waals surface area contributed by atoms with E-state index in [0.29, 0.717) is 5.92 Å². The van der Waals surface area contributed by atoms with Gasteiger partial charge in [0.15, 0.2) is 0 Å². The predicted molar refractivity (Wildman–Crippen MR) is 59.9 cm³/mol. The second-order valence-corrected chi connectivity index (χ2v) is 4.50. The van der Waals surface area contributed by atoms with E-state index in [-0.39, 0.29) is 0 Å². The number of anilines is 1. The molecule has 1 N–H and O–H groups in total. The normalized spacial score (nSPS) is 28.1. The van der Waals surface area contributed by atoms with E-state index in [4.69, 9.17) is 11.6 Å². The van der Waals surface area contributed by atoms with Crippen molar-refractivity contribution in [3.63, 3.8) is 0 Å². The summed E-state index contributed by atoms with van der Waals surface area (Å²) in [5.74, 6) is 1.32. The van der Waals surface area contributed by atoms with Crippen molar-refractivity contribution < 1.29 is 0 Å². The zero-order valence-corrected chi connectivity index (χ0v) is 8.59. The molecule has 2 heteroatoms. The highest BCUT2D eigenvalue weighted by Crippen LogP contribution is 2.42. The molecule has 0 bridgehead atoms. The van der Waals surface area contributed by atoms with Crippen LogP contribution >= 0.6 is 11.6 Å². The van der Waals surface area contributed by atoms with Gasteiger partial charge in [-0.25, -0.2) is 0 Å². The van der Waals surface area contributed by atoms with Gasteiger partial charge in [-0.05, 0) is 36.1 Å². The number of fused-ring (bicyclic) bond motifs is 3. The first kappa shape index (κ1) is 8.37. The quantitative estimate of drug-likeness (QED) is 0.640. The molecule has 3 rings (SSSR count). The SMILES string of the molecule is Clc1ccc2c(c1)[C@@H]1C=CC[C@@H]1CN2. The van der Waals surface area contributed by atoms with E-state index in [1.54, 1.807) is 0 Å². The van der Waals surface area contributed by atoms with Crippen LogP contribution < -0.4 is 5.32 Å². The molecule has 2 aliphatic rings. The summed E-state index contributed by atoms with van der Waals surface area (Å²) in [7, 11) is 0. The summed E-state index contributed by atoms with van der Waals surface area (Å²) >= 11 is 6.02. The molecule has 14 heavy (non-hydrogen) atoms. The van der Waals surface area contributed by atoms with E-state index < -0.39 is 0 Å². The molecule has 72 valence electrons. The van der Waals surface area contributed by atoms with Crippen LogP contribution in [0.4, 0.5) is 5.69 Å². The highest BCUT2D eigenvalue weighted by molar-refractivity contribution is 6.30. The van der Waals surface area contributed by atoms with Crippen LogP contribution in [0.2, 0.25) is 5.02 Å². The highest BCUT2D eigenvalue weighted by Gasteiger charge is 2.29. The molecule has 1 aromatic carbocycles. The Labute approximate surface area is 88.8 Å². The van der Waals surface area contributed by atoms with Crippen molar-refractivity contribution in [1.29, 1.82) is 0 Å². The van der Waals surface area contributed by atoms with E-state index >= 15 is 0 Å². The fraction of sp³-hybridized carbons (Fsp3) is 0.333. The molecular weight excluding hydrogens is 194 g/mol. The topological polar surface area (TPSA) is 12.0 Å². The van der Waals surface area contributed by atoms with Crippen molar-refractivity contribution in [2.24, 2.45) is 5.92 Å². The van der Waals surface area contributed by atoms with Crippen LogP contribution in [0, 0.1) is 5.92 Å². The van der Waals surface area contributed by atoms with Crippen molar-refractivity contribution in [3.8, 4) is 0 Å². The molecule has 1 nitrogen and oxygen atoms in total. The molecule has 1 heterocycles. The van der Waals surface area contributed by atoms with E-state index in [1.165, 1.54) is 17.7 Å². The van der Waals surface area contributed by atoms with Crippen molar-refractivity contribution in [2.75, 3.05) is 11.9 Å². The molecule has 0 saturated heterocycles. The Balaban J connectivity index is 2.11. The minimum absolute atomic E-state index is 0.588. The van der Waals surface area contributed by atoms with Gasteiger partial charge >= 0.3 is 0 Å². The van der Waals surface area contributed by atoms with Crippen LogP contribution in [-0.2, 0) is 0 Å². The molecule has 1 aliphatic heterocycles. The predicted octanol–water partition coefficient (Wildman–Crippen LogP) is 3.43. The molecule has 0 aromatic heterocycles. The van der Waals surface area contributed by atoms with Gasteiger partial charge in [-0.3, -0.25) is 0 Å². The van der Waals surface area contributed by atoms with Crippen LogP contribution in [0.25, 0.3) is 0 Å². The van der Waals surface area contributed by atoms with Gasteiger partial charge in [-0.2, -0.15) is 0 Å². The lowest BCUT2D eigenvalue weighted by Gasteiger charge is -2.29. The van der Waals surface area contributed by atoms with Gasteiger partial charge in [-0.1, -0.05) is 23.8 Å². The number of rotatable bonds is 0.